The fourth-order valence-corrected chi connectivity index (χ4v) is 3.98. The van der Waals surface area contributed by atoms with E-state index >= 15 is 0 Å². The molecule has 0 aliphatic heterocycles. The van der Waals surface area contributed by atoms with E-state index in [1.165, 1.54) is 12.1 Å². The Balaban J connectivity index is 1.92. The number of carbonyl (C=O) groups excluding carboxylic acids is 1. The third kappa shape index (κ3) is 4.70. The van der Waals surface area contributed by atoms with E-state index in [-0.39, 0.29) is 22.6 Å². The van der Waals surface area contributed by atoms with Gasteiger partial charge in [0.15, 0.2) is 5.13 Å². The molecule has 42 heavy (non-hydrogen) atoms. The second-order valence-corrected chi connectivity index (χ2v) is 9.28. The van der Waals surface area contributed by atoms with Crippen molar-refractivity contribution in [3.63, 3.8) is 0 Å². The summed E-state index contributed by atoms with van der Waals surface area (Å²) in [5, 5.41) is 2.14. The molecule has 0 unspecified atom stereocenters. The maximum atomic E-state index is 14.2. The molecule has 0 atom stereocenters. The fourth-order valence-electron chi connectivity index (χ4n) is 3.27. The lowest BCUT2D eigenvalue weighted by Crippen LogP contribution is -2.74. The van der Waals surface area contributed by atoms with Gasteiger partial charge >= 0.3 is 53.8 Å². The van der Waals surface area contributed by atoms with Crippen LogP contribution < -0.4 is 5.32 Å². The van der Waals surface area contributed by atoms with Crippen molar-refractivity contribution in [3.05, 3.63) is 47.8 Å². The number of nitrogens with one attached hydrogen (secondary N) is 1. The van der Waals surface area contributed by atoms with Gasteiger partial charge in [-0.1, -0.05) is 36.4 Å². The number of hydrogen-bond donors (Lipinski definition) is 1. The molecule has 0 aliphatic carbocycles. The van der Waals surface area contributed by atoms with Crippen molar-refractivity contribution in [1.29, 1.82) is 0 Å². The van der Waals surface area contributed by atoms with Crippen LogP contribution in [0.15, 0.2) is 47.8 Å². The number of thiazole rings is 1. The molecular formula is C22H10F16N2OS. The van der Waals surface area contributed by atoms with Gasteiger partial charge in [0.05, 0.1) is 5.69 Å². The Morgan fingerprint density at radius 2 is 1.19 bits per heavy atom. The summed E-state index contributed by atoms with van der Waals surface area (Å²) >= 11 is 0.200. The van der Waals surface area contributed by atoms with Crippen LogP contribution in [0.2, 0.25) is 0 Å². The number of halogens is 16. The Labute approximate surface area is 226 Å². The molecule has 2 aromatic carbocycles. The van der Waals surface area contributed by atoms with Crippen molar-refractivity contribution in [3.8, 4) is 11.3 Å². The topological polar surface area (TPSA) is 42.0 Å². The molecular weight excluding hydrogens is 644 g/mol. The number of benzene rings is 2. The lowest BCUT2D eigenvalue weighted by atomic mass is 9.89. The zero-order valence-corrected chi connectivity index (χ0v) is 20.3. The molecule has 0 fully saturated rings. The average Bonchev–Trinajstić information content (AvgIpc) is 3.35. The van der Waals surface area contributed by atoms with Gasteiger partial charge in [-0.2, -0.15) is 61.5 Å². The first-order chi connectivity index (χ1) is 18.9. The molecule has 1 N–H and O–H groups in total. The van der Waals surface area contributed by atoms with Crippen LogP contribution in [0, 0.1) is 0 Å². The fraction of sp³-hybridized carbons (Fsp3) is 0.364. The van der Waals surface area contributed by atoms with Crippen molar-refractivity contribution in [2.24, 2.45) is 0 Å². The van der Waals surface area contributed by atoms with Crippen LogP contribution in [0.25, 0.3) is 22.0 Å². The van der Waals surface area contributed by atoms with Crippen molar-refractivity contribution < 1.29 is 75.0 Å². The van der Waals surface area contributed by atoms with E-state index in [0.717, 1.165) is 10.7 Å². The van der Waals surface area contributed by atoms with Crippen LogP contribution in [0.3, 0.4) is 0 Å². The summed E-state index contributed by atoms with van der Waals surface area (Å²) < 4.78 is 216. The first-order valence-corrected chi connectivity index (χ1v) is 11.4. The maximum Gasteiger partial charge on any atom is 0.393 e. The standard InChI is InChI=1S/C22H10F16N2OS/c23-13(24)16(25,26)18(29,30)20(33,34)22(37,38)21(35,36)19(31,32)17(27,28)14(41)40-15-39-12(8-42-15)11-6-5-9-3-1-2-4-10(9)7-11/h1-8,13H,(H,39,40,41). The normalized spacial score (nSPS) is 14.5. The lowest BCUT2D eigenvalue weighted by molar-refractivity contribution is -0.443. The molecule has 1 heterocycles. The number of anilines is 1. The molecule has 0 radical (unpaired) electrons. The molecule has 20 heteroatoms. The van der Waals surface area contributed by atoms with E-state index in [9.17, 15) is 75.0 Å². The zero-order valence-electron chi connectivity index (χ0n) is 19.5. The van der Waals surface area contributed by atoms with E-state index in [2.05, 4.69) is 4.98 Å². The van der Waals surface area contributed by atoms with Crippen LogP contribution in [-0.4, -0.2) is 58.8 Å². The highest BCUT2D eigenvalue weighted by Gasteiger charge is 2.94. The highest BCUT2D eigenvalue weighted by Crippen LogP contribution is 2.62. The van der Waals surface area contributed by atoms with Gasteiger partial charge in [0.2, 0.25) is 0 Å². The van der Waals surface area contributed by atoms with Crippen molar-refractivity contribution in [2.75, 3.05) is 5.32 Å². The van der Waals surface area contributed by atoms with Gasteiger partial charge in [-0.3, -0.25) is 10.1 Å². The number of alkyl halides is 16. The highest BCUT2D eigenvalue weighted by atomic mass is 32.1. The van der Waals surface area contributed by atoms with Crippen LogP contribution in [-0.2, 0) is 4.79 Å². The summed E-state index contributed by atoms with van der Waals surface area (Å²) in [6.45, 7) is 0. The third-order valence-electron chi connectivity index (χ3n) is 5.72. The molecule has 0 aliphatic rings. The number of carbonyl (C=O) groups is 1. The summed E-state index contributed by atoms with van der Waals surface area (Å²) in [4.78, 5) is 15.3. The van der Waals surface area contributed by atoms with Crippen molar-refractivity contribution >= 4 is 33.1 Å². The predicted octanol–water partition coefficient (Wildman–Crippen LogP) is 8.61. The van der Waals surface area contributed by atoms with E-state index < -0.39 is 58.9 Å². The summed E-state index contributed by atoms with van der Waals surface area (Å²) in [6.07, 6.45) is -5.94. The largest absolute Gasteiger partial charge is 0.393 e. The third-order valence-corrected chi connectivity index (χ3v) is 6.48. The summed E-state index contributed by atoms with van der Waals surface area (Å²) in [7, 11) is 0. The number of rotatable bonds is 10. The molecule has 0 saturated carbocycles. The van der Waals surface area contributed by atoms with Gasteiger partial charge in [0.1, 0.15) is 0 Å². The van der Waals surface area contributed by atoms with Crippen molar-refractivity contribution in [1.82, 2.24) is 4.98 Å². The number of aromatic nitrogens is 1. The van der Waals surface area contributed by atoms with E-state index in [1.54, 1.807) is 30.3 Å². The molecule has 0 bridgehead atoms. The Bertz CT molecular complexity index is 1470. The SMILES string of the molecule is O=C(Nc1nc(-c2ccc3ccccc3c2)cs1)C(F)(F)C(F)(F)C(F)(F)C(F)(F)C(F)(F)C(F)(F)C(F)(F)C(F)F. The number of fused-ring (bicyclic) bond motifs is 1. The first kappa shape index (κ1) is 33.2. The van der Waals surface area contributed by atoms with Crippen LogP contribution in [0.4, 0.5) is 75.4 Å². The first-order valence-electron chi connectivity index (χ1n) is 10.6. The molecule has 1 aromatic heterocycles. The second-order valence-electron chi connectivity index (χ2n) is 8.42. The molecule has 3 rings (SSSR count). The van der Waals surface area contributed by atoms with Gasteiger partial charge in [0, 0.05) is 10.9 Å². The van der Waals surface area contributed by atoms with Crippen LogP contribution in [0.1, 0.15) is 0 Å². The molecule has 232 valence electrons. The molecule has 0 saturated heterocycles. The van der Waals surface area contributed by atoms with Gasteiger partial charge in [0.25, 0.3) is 0 Å². The van der Waals surface area contributed by atoms with Gasteiger partial charge in [-0.05, 0) is 16.8 Å². The predicted molar refractivity (Wildman–Crippen MR) is 114 cm³/mol. The molecule has 0 spiro atoms. The lowest BCUT2D eigenvalue weighted by Gasteiger charge is -2.42. The maximum absolute atomic E-state index is 14.2. The number of hydrogen-bond acceptors (Lipinski definition) is 3. The van der Waals surface area contributed by atoms with Gasteiger partial charge < -0.3 is 0 Å². The van der Waals surface area contributed by atoms with Gasteiger partial charge in [-0.15, -0.1) is 11.3 Å². The quantitative estimate of drug-likeness (QED) is 0.223. The Morgan fingerprint density at radius 1 is 0.690 bits per heavy atom. The zero-order chi connectivity index (χ0) is 32.3. The summed E-state index contributed by atoms with van der Waals surface area (Å²) in [6, 6.07) is 11.1. The second kappa shape index (κ2) is 10.1. The minimum Gasteiger partial charge on any atom is -0.296 e. The molecule has 1 amide bonds. The van der Waals surface area contributed by atoms with E-state index in [1.807, 2.05) is 0 Å². The van der Waals surface area contributed by atoms with E-state index in [4.69, 9.17) is 0 Å². The van der Waals surface area contributed by atoms with Gasteiger partial charge in [-0.25, -0.2) is 13.8 Å². The Hall–Kier alpha value is -3.32. The number of amides is 1. The summed E-state index contributed by atoms with van der Waals surface area (Å²) in [5.41, 5.74) is 0.104. The van der Waals surface area contributed by atoms with Crippen LogP contribution in [0.5, 0.6) is 0 Å². The highest BCUT2D eigenvalue weighted by molar-refractivity contribution is 7.14. The minimum atomic E-state index is -8.58. The monoisotopic (exact) mass is 654 g/mol. The summed E-state index contributed by atoms with van der Waals surface area (Å²) in [5.74, 6) is -60.0. The molecule has 3 aromatic rings. The number of nitrogens with zero attached hydrogens (tertiary/aromatic N) is 1. The van der Waals surface area contributed by atoms with Crippen LogP contribution >= 0.6 is 11.3 Å². The Kier molecular flexibility index (Phi) is 8.02. The Morgan fingerprint density at radius 3 is 1.74 bits per heavy atom. The van der Waals surface area contributed by atoms with Crippen molar-refractivity contribution in [2.45, 2.75) is 47.9 Å². The average molecular weight is 654 g/mol. The van der Waals surface area contributed by atoms with E-state index in [0.29, 0.717) is 10.8 Å². The molecule has 3 nitrogen and oxygen atoms in total. The smallest absolute Gasteiger partial charge is 0.296 e. The minimum absolute atomic E-state index is 0.130.